The van der Waals surface area contributed by atoms with Gasteiger partial charge in [0.2, 0.25) is 5.88 Å². The molecular formula is C20H17F4N5O3. The van der Waals surface area contributed by atoms with Gasteiger partial charge in [-0.15, -0.1) is 0 Å². The highest BCUT2D eigenvalue weighted by Crippen LogP contribution is 2.27. The van der Waals surface area contributed by atoms with Crippen molar-refractivity contribution in [2.24, 2.45) is 0 Å². The molecule has 1 fully saturated rings. The molecule has 1 aliphatic heterocycles. The van der Waals surface area contributed by atoms with E-state index in [1.54, 1.807) is 15.9 Å². The lowest BCUT2D eigenvalue weighted by Crippen LogP contribution is -2.49. The van der Waals surface area contributed by atoms with Crippen molar-refractivity contribution >= 4 is 11.7 Å². The van der Waals surface area contributed by atoms with Crippen LogP contribution in [0.25, 0.3) is 11.3 Å². The lowest BCUT2D eigenvalue weighted by atomic mass is 10.1. The largest absolute Gasteiger partial charge is 0.468 e. The molecule has 1 saturated heterocycles. The van der Waals surface area contributed by atoms with Crippen LogP contribution in [0.5, 0.6) is 5.88 Å². The topological polar surface area (TPSA) is 84.6 Å². The summed E-state index contributed by atoms with van der Waals surface area (Å²) in [5.41, 5.74) is 0.146. The summed E-state index contributed by atoms with van der Waals surface area (Å²) in [4.78, 5) is 28.0. The van der Waals surface area contributed by atoms with Crippen LogP contribution in [0.4, 0.5) is 23.4 Å². The van der Waals surface area contributed by atoms with E-state index in [0.717, 1.165) is 12.7 Å². The number of ether oxygens (including phenoxy) is 1. The van der Waals surface area contributed by atoms with Crippen molar-refractivity contribution < 1.29 is 31.5 Å². The number of halogens is 4. The standard InChI is InChI=1S/C20H17F4N5O3/c21-14-4-2-1-3-13(14)18-17(27-12-32-18)19(30)29-7-5-28(6-8-29)15-9-16(26-11-25-15)31-10-20(22,23)24/h1-4,9,11-12H,5-8,10H2. The highest BCUT2D eigenvalue weighted by atomic mass is 19.4. The number of carbonyl (C=O) groups is 1. The van der Waals surface area contributed by atoms with E-state index in [1.165, 1.54) is 24.3 Å². The number of alkyl halides is 3. The van der Waals surface area contributed by atoms with Crippen molar-refractivity contribution in [3.63, 3.8) is 0 Å². The molecule has 0 saturated carbocycles. The van der Waals surface area contributed by atoms with Crippen LogP contribution in [0.2, 0.25) is 0 Å². The fourth-order valence-corrected chi connectivity index (χ4v) is 3.26. The molecule has 0 N–H and O–H groups in total. The van der Waals surface area contributed by atoms with Gasteiger partial charge in [-0.05, 0) is 12.1 Å². The number of rotatable bonds is 5. The van der Waals surface area contributed by atoms with Crippen LogP contribution in [0.15, 0.2) is 47.5 Å². The van der Waals surface area contributed by atoms with E-state index in [-0.39, 0.29) is 22.9 Å². The minimum absolute atomic E-state index is 0.00780. The van der Waals surface area contributed by atoms with Gasteiger partial charge in [0, 0.05) is 32.2 Å². The van der Waals surface area contributed by atoms with E-state index < -0.39 is 24.5 Å². The van der Waals surface area contributed by atoms with Gasteiger partial charge < -0.3 is 19.0 Å². The van der Waals surface area contributed by atoms with Gasteiger partial charge in [0.1, 0.15) is 18.0 Å². The number of amides is 1. The third-order valence-corrected chi connectivity index (χ3v) is 4.79. The molecule has 0 radical (unpaired) electrons. The third kappa shape index (κ3) is 4.79. The lowest BCUT2D eigenvalue weighted by molar-refractivity contribution is -0.154. The summed E-state index contributed by atoms with van der Waals surface area (Å²) in [5, 5.41) is 0. The molecule has 0 atom stereocenters. The molecule has 12 heteroatoms. The smallest absolute Gasteiger partial charge is 0.422 e. The number of benzene rings is 1. The van der Waals surface area contributed by atoms with Crippen LogP contribution in [0.3, 0.4) is 0 Å². The fourth-order valence-electron chi connectivity index (χ4n) is 3.26. The highest BCUT2D eigenvalue weighted by molar-refractivity contribution is 5.97. The summed E-state index contributed by atoms with van der Waals surface area (Å²) < 4.78 is 61.1. The minimum atomic E-state index is -4.47. The molecule has 3 aromatic rings. The van der Waals surface area contributed by atoms with Gasteiger partial charge >= 0.3 is 6.18 Å². The molecule has 0 spiro atoms. The highest BCUT2D eigenvalue weighted by Gasteiger charge is 2.30. The van der Waals surface area contributed by atoms with Gasteiger partial charge in [0.25, 0.3) is 5.91 Å². The fraction of sp³-hybridized carbons (Fsp3) is 0.300. The Morgan fingerprint density at radius 2 is 1.84 bits per heavy atom. The van der Waals surface area contributed by atoms with Gasteiger partial charge in [-0.1, -0.05) is 12.1 Å². The first-order chi connectivity index (χ1) is 15.3. The van der Waals surface area contributed by atoms with Gasteiger partial charge in [0.05, 0.1) is 5.56 Å². The Bertz CT molecular complexity index is 1100. The summed E-state index contributed by atoms with van der Waals surface area (Å²) in [7, 11) is 0. The Morgan fingerprint density at radius 1 is 1.09 bits per heavy atom. The Hall–Kier alpha value is -3.70. The lowest BCUT2D eigenvalue weighted by Gasteiger charge is -2.35. The molecular weight excluding hydrogens is 434 g/mol. The number of hydrogen-bond acceptors (Lipinski definition) is 7. The van der Waals surface area contributed by atoms with E-state index in [2.05, 4.69) is 19.7 Å². The van der Waals surface area contributed by atoms with Crippen LogP contribution in [-0.2, 0) is 0 Å². The average molecular weight is 451 g/mol. The monoisotopic (exact) mass is 451 g/mol. The predicted octanol–water partition coefficient (Wildman–Crippen LogP) is 3.17. The molecule has 2 aromatic heterocycles. The van der Waals surface area contributed by atoms with Crippen molar-refractivity contribution in [1.29, 1.82) is 0 Å². The second-order valence-electron chi connectivity index (χ2n) is 6.91. The number of anilines is 1. The molecule has 1 aliphatic rings. The first-order valence-corrected chi connectivity index (χ1v) is 9.56. The zero-order valence-electron chi connectivity index (χ0n) is 16.5. The number of aromatic nitrogens is 3. The van der Waals surface area contributed by atoms with E-state index in [9.17, 15) is 22.4 Å². The van der Waals surface area contributed by atoms with E-state index in [4.69, 9.17) is 4.42 Å². The summed E-state index contributed by atoms with van der Waals surface area (Å²) in [6.07, 6.45) is -2.26. The molecule has 0 bridgehead atoms. The Morgan fingerprint density at radius 3 is 2.56 bits per heavy atom. The van der Waals surface area contributed by atoms with Gasteiger partial charge in [-0.25, -0.2) is 19.3 Å². The van der Waals surface area contributed by atoms with Gasteiger partial charge in [-0.2, -0.15) is 13.2 Å². The maximum atomic E-state index is 14.1. The number of hydrogen-bond donors (Lipinski definition) is 0. The van der Waals surface area contributed by atoms with E-state index in [1.807, 2.05) is 0 Å². The summed E-state index contributed by atoms with van der Waals surface area (Å²) >= 11 is 0. The molecule has 32 heavy (non-hydrogen) atoms. The molecule has 3 heterocycles. The number of piperazine rings is 1. The summed E-state index contributed by atoms with van der Waals surface area (Å²) in [5.74, 6) is -0.692. The molecule has 0 aliphatic carbocycles. The van der Waals surface area contributed by atoms with Crippen molar-refractivity contribution in [3.8, 4) is 17.2 Å². The first kappa shape index (κ1) is 21.5. The second kappa shape index (κ2) is 8.81. The van der Waals surface area contributed by atoms with Crippen LogP contribution in [-0.4, -0.2) is 64.7 Å². The summed E-state index contributed by atoms with van der Waals surface area (Å²) in [6.45, 7) is -0.118. The maximum Gasteiger partial charge on any atom is 0.422 e. The van der Waals surface area contributed by atoms with Crippen molar-refractivity contribution in [3.05, 3.63) is 54.6 Å². The Kier molecular flexibility index (Phi) is 5.93. The van der Waals surface area contributed by atoms with Crippen LogP contribution in [0.1, 0.15) is 10.5 Å². The Balaban J connectivity index is 1.41. The van der Waals surface area contributed by atoms with Gasteiger partial charge in [0.15, 0.2) is 24.5 Å². The van der Waals surface area contributed by atoms with Crippen molar-refractivity contribution in [1.82, 2.24) is 19.9 Å². The number of carbonyl (C=O) groups excluding carboxylic acids is 1. The van der Waals surface area contributed by atoms with Crippen molar-refractivity contribution in [2.75, 3.05) is 37.7 Å². The van der Waals surface area contributed by atoms with Gasteiger partial charge in [-0.3, -0.25) is 4.79 Å². The zero-order valence-corrected chi connectivity index (χ0v) is 16.5. The van der Waals surface area contributed by atoms with E-state index in [0.29, 0.717) is 32.0 Å². The van der Waals surface area contributed by atoms with Crippen LogP contribution >= 0.6 is 0 Å². The quantitative estimate of drug-likeness (QED) is 0.551. The molecule has 1 aromatic carbocycles. The molecule has 1 amide bonds. The van der Waals surface area contributed by atoms with Crippen molar-refractivity contribution in [2.45, 2.75) is 6.18 Å². The van der Waals surface area contributed by atoms with Crippen LogP contribution < -0.4 is 9.64 Å². The predicted molar refractivity (Wildman–Crippen MR) is 104 cm³/mol. The molecule has 4 rings (SSSR count). The molecule has 168 valence electrons. The number of nitrogens with zero attached hydrogens (tertiary/aromatic N) is 5. The van der Waals surface area contributed by atoms with Crippen LogP contribution in [0, 0.1) is 5.82 Å². The normalized spacial score (nSPS) is 14.5. The molecule has 8 nitrogen and oxygen atoms in total. The zero-order chi connectivity index (χ0) is 22.7. The third-order valence-electron chi connectivity index (χ3n) is 4.79. The second-order valence-corrected chi connectivity index (χ2v) is 6.91. The average Bonchev–Trinajstić information content (AvgIpc) is 3.27. The first-order valence-electron chi connectivity index (χ1n) is 9.56. The van der Waals surface area contributed by atoms with E-state index >= 15 is 0 Å². The molecule has 0 unspecified atom stereocenters. The summed E-state index contributed by atoms with van der Waals surface area (Å²) in [6, 6.07) is 7.24. The SMILES string of the molecule is O=C(c1ncoc1-c1ccccc1F)N1CCN(c2cc(OCC(F)(F)F)ncn2)CC1. The maximum absolute atomic E-state index is 14.1. The Labute approximate surface area is 179 Å². The minimum Gasteiger partial charge on any atom is -0.468 e. The number of oxazole rings is 1.